The van der Waals surface area contributed by atoms with E-state index in [1.807, 2.05) is 6.92 Å². The van der Waals surface area contributed by atoms with Crippen LogP contribution in [0.2, 0.25) is 0 Å². The van der Waals surface area contributed by atoms with Gasteiger partial charge in [-0.1, -0.05) is 34.1 Å². The average molecular weight is 415 g/mol. The van der Waals surface area contributed by atoms with Crippen LogP contribution >= 0.6 is 0 Å². The molecule has 4 atom stereocenters. The van der Waals surface area contributed by atoms with E-state index < -0.39 is 53.6 Å². The summed E-state index contributed by atoms with van der Waals surface area (Å²) >= 11 is 0. The van der Waals surface area contributed by atoms with Crippen molar-refractivity contribution in [3.63, 3.8) is 0 Å². The Morgan fingerprint density at radius 3 is 1.93 bits per heavy atom. The summed E-state index contributed by atoms with van der Waals surface area (Å²) in [6.07, 6.45) is 0.256. The minimum atomic E-state index is -1.22. The van der Waals surface area contributed by atoms with Crippen molar-refractivity contribution >= 4 is 29.6 Å². The highest BCUT2D eigenvalue weighted by atomic mass is 16.4. The van der Waals surface area contributed by atoms with E-state index in [0.717, 1.165) is 0 Å². The number of rotatable bonds is 13. The van der Waals surface area contributed by atoms with E-state index in [0.29, 0.717) is 6.42 Å². The molecule has 166 valence electrons. The Labute approximate surface area is 170 Å². The molecule has 4 unspecified atom stereocenters. The maximum absolute atomic E-state index is 12.7. The van der Waals surface area contributed by atoms with Gasteiger partial charge in [0.2, 0.25) is 23.6 Å². The van der Waals surface area contributed by atoms with E-state index in [2.05, 4.69) is 16.0 Å². The maximum atomic E-state index is 12.7. The summed E-state index contributed by atoms with van der Waals surface area (Å²) in [5.74, 6) is -4.48. The first-order valence-electron chi connectivity index (χ1n) is 9.55. The first-order valence-corrected chi connectivity index (χ1v) is 9.55. The van der Waals surface area contributed by atoms with Crippen molar-refractivity contribution in [3.8, 4) is 0 Å². The van der Waals surface area contributed by atoms with E-state index in [1.54, 1.807) is 20.8 Å². The fourth-order valence-electron chi connectivity index (χ4n) is 2.52. The number of hydrogen-bond acceptors (Lipinski definition) is 6. The highest BCUT2D eigenvalue weighted by molar-refractivity contribution is 5.94. The number of nitrogens with one attached hydrogen (secondary N) is 3. The third-order valence-electron chi connectivity index (χ3n) is 4.54. The molecule has 0 saturated carbocycles. The number of carboxylic acid groups (broad SMARTS) is 1. The lowest BCUT2D eigenvalue weighted by Gasteiger charge is -2.27. The van der Waals surface area contributed by atoms with E-state index in [-0.39, 0.29) is 25.3 Å². The highest BCUT2D eigenvalue weighted by Gasteiger charge is 2.32. The minimum Gasteiger partial charge on any atom is -0.480 e. The molecule has 0 aliphatic rings. The van der Waals surface area contributed by atoms with Crippen LogP contribution in [0.1, 0.15) is 47.0 Å². The molecule has 0 rings (SSSR count). The standard InChI is InChI=1S/C18H33N5O6/c1-5-10(4)15(22-13(25)8-19)17(27)21-11(6-7-12(20)24)16(26)23-14(9(2)3)18(28)29/h9-11,14-15H,5-8,19H2,1-4H3,(H2,20,24)(H,21,27)(H,22,25)(H,23,26)(H,28,29). The van der Waals surface area contributed by atoms with Gasteiger partial charge in [0.25, 0.3) is 0 Å². The Bertz CT molecular complexity index is 610. The molecule has 0 aromatic rings. The quantitative estimate of drug-likeness (QED) is 0.209. The molecule has 0 bridgehead atoms. The second kappa shape index (κ2) is 12.7. The Balaban J connectivity index is 5.48. The van der Waals surface area contributed by atoms with Crippen molar-refractivity contribution in [1.82, 2.24) is 16.0 Å². The predicted octanol–water partition coefficient (Wildman–Crippen LogP) is -1.55. The Morgan fingerprint density at radius 1 is 0.931 bits per heavy atom. The molecule has 0 heterocycles. The smallest absolute Gasteiger partial charge is 0.326 e. The van der Waals surface area contributed by atoms with Crippen molar-refractivity contribution in [3.05, 3.63) is 0 Å². The van der Waals surface area contributed by atoms with Crippen LogP contribution in [-0.2, 0) is 24.0 Å². The molecule has 0 spiro atoms. The van der Waals surface area contributed by atoms with Gasteiger partial charge in [-0.05, 0) is 18.3 Å². The Kier molecular flexibility index (Phi) is 11.5. The molecule has 11 nitrogen and oxygen atoms in total. The molecule has 8 N–H and O–H groups in total. The third kappa shape index (κ3) is 9.37. The van der Waals surface area contributed by atoms with Crippen LogP contribution in [0.15, 0.2) is 0 Å². The molecule has 4 amide bonds. The Hall–Kier alpha value is -2.69. The molecular weight excluding hydrogens is 382 g/mol. The molecule has 0 aliphatic carbocycles. The first kappa shape index (κ1) is 26.3. The lowest BCUT2D eigenvalue weighted by atomic mass is 9.97. The van der Waals surface area contributed by atoms with Crippen LogP contribution in [0.25, 0.3) is 0 Å². The fraction of sp³-hybridized carbons (Fsp3) is 0.722. The summed E-state index contributed by atoms with van der Waals surface area (Å²) in [5.41, 5.74) is 10.4. The zero-order valence-corrected chi connectivity index (χ0v) is 17.4. The van der Waals surface area contributed by atoms with Crippen LogP contribution in [0, 0.1) is 11.8 Å². The summed E-state index contributed by atoms with van der Waals surface area (Å²) in [7, 11) is 0. The SMILES string of the molecule is CCC(C)C(NC(=O)CN)C(=O)NC(CCC(N)=O)C(=O)NC(C(=O)O)C(C)C. The normalized spacial score (nSPS) is 15.0. The molecule has 0 aliphatic heterocycles. The molecule has 0 aromatic heterocycles. The lowest BCUT2D eigenvalue weighted by Crippen LogP contribution is -2.58. The number of amides is 4. The number of aliphatic carboxylic acids is 1. The minimum absolute atomic E-state index is 0.116. The highest BCUT2D eigenvalue weighted by Crippen LogP contribution is 2.10. The second-order valence-corrected chi connectivity index (χ2v) is 7.27. The first-order chi connectivity index (χ1) is 13.4. The van der Waals surface area contributed by atoms with Crippen LogP contribution in [0.3, 0.4) is 0 Å². The van der Waals surface area contributed by atoms with Gasteiger partial charge >= 0.3 is 5.97 Å². The van der Waals surface area contributed by atoms with Gasteiger partial charge in [0.15, 0.2) is 0 Å². The number of primary amides is 1. The Morgan fingerprint density at radius 2 is 1.52 bits per heavy atom. The van der Waals surface area contributed by atoms with E-state index >= 15 is 0 Å². The monoisotopic (exact) mass is 415 g/mol. The largest absolute Gasteiger partial charge is 0.480 e. The van der Waals surface area contributed by atoms with Crippen LogP contribution in [0.4, 0.5) is 0 Å². The van der Waals surface area contributed by atoms with Crippen molar-refractivity contribution < 1.29 is 29.1 Å². The zero-order chi connectivity index (χ0) is 22.7. The van der Waals surface area contributed by atoms with Gasteiger partial charge in [0.1, 0.15) is 18.1 Å². The van der Waals surface area contributed by atoms with Crippen molar-refractivity contribution in [1.29, 1.82) is 0 Å². The average Bonchev–Trinajstić information content (AvgIpc) is 2.65. The van der Waals surface area contributed by atoms with Gasteiger partial charge in [0.05, 0.1) is 6.54 Å². The number of nitrogens with two attached hydrogens (primary N) is 2. The molecular formula is C18H33N5O6. The van der Waals surface area contributed by atoms with Crippen LogP contribution in [0.5, 0.6) is 0 Å². The van der Waals surface area contributed by atoms with E-state index in [4.69, 9.17) is 11.5 Å². The second-order valence-electron chi connectivity index (χ2n) is 7.27. The number of carboxylic acids is 1. The molecule has 0 saturated heterocycles. The van der Waals surface area contributed by atoms with Gasteiger partial charge in [-0.25, -0.2) is 4.79 Å². The molecule has 29 heavy (non-hydrogen) atoms. The van der Waals surface area contributed by atoms with Gasteiger partial charge in [0, 0.05) is 6.42 Å². The molecule has 0 radical (unpaired) electrons. The van der Waals surface area contributed by atoms with Gasteiger partial charge in [-0.15, -0.1) is 0 Å². The summed E-state index contributed by atoms with van der Waals surface area (Å²) in [5, 5.41) is 16.6. The summed E-state index contributed by atoms with van der Waals surface area (Å²) in [6.45, 7) is 6.52. The zero-order valence-electron chi connectivity index (χ0n) is 17.4. The van der Waals surface area contributed by atoms with Crippen LogP contribution in [-0.4, -0.2) is 59.4 Å². The van der Waals surface area contributed by atoms with Crippen molar-refractivity contribution in [2.24, 2.45) is 23.3 Å². The fourth-order valence-corrected chi connectivity index (χ4v) is 2.52. The van der Waals surface area contributed by atoms with Gasteiger partial charge in [-0.2, -0.15) is 0 Å². The van der Waals surface area contributed by atoms with E-state index in [1.165, 1.54) is 0 Å². The predicted molar refractivity (Wildman–Crippen MR) is 105 cm³/mol. The van der Waals surface area contributed by atoms with Gasteiger partial charge < -0.3 is 32.5 Å². The maximum Gasteiger partial charge on any atom is 0.326 e. The number of carbonyl (C=O) groups is 5. The lowest BCUT2D eigenvalue weighted by molar-refractivity contribution is -0.143. The van der Waals surface area contributed by atoms with Gasteiger partial charge in [-0.3, -0.25) is 19.2 Å². The summed E-state index contributed by atoms with van der Waals surface area (Å²) in [6, 6.07) is -3.31. The molecule has 11 heteroatoms. The summed E-state index contributed by atoms with van der Waals surface area (Å²) in [4.78, 5) is 59.5. The summed E-state index contributed by atoms with van der Waals surface area (Å²) < 4.78 is 0. The molecule has 0 aromatic carbocycles. The van der Waals surface area contributed by atoms with Crippen LogP contribution < -0.4 is 27.4 Å². The topological polar surface area (TPSA) is 194 Å². The van der Waals surface area contributed by atoms with Crippen molar-refractivity contribution in [2.45, 2.75) is 65.1 Å². The third-order valence-corrected chi connectivity index (χ3v) is 4.54. The molecule has 0 fully saturated rings. The van der Waals surface area contributed by atoms with Crippen molar-refractivity contribution in [2.75, 3.05) is 6.54 Å². The number of carbonyl (C=O) groups excluding carboxylic acids is 4. The number of hydrogen-bond donors (Lipinski definition) is 6. The van der Waals surface area contributed by atoms with E-state index in [9.17, 15) is 29.1 Å².